The number of nitrogens with two attached hydrogens (primary N) is 1. The van der Waals surface area contributed by atoms with Gasteiger partial charge in [0, 0.05) is 10.6 Å². The van der Waals surface area contributed by atoms with Crippen molar-refractivity contribution in [3.05, 3.63) is 30.3 Å². The van der Waals surface area contributed by atoms with Gasteiger partial charge in [-0.15, -0.1) is 11.8 Å². The molecule has 0 aromatic heterocycles. The van der Waals surface area contributed by atoms with Crippen molar-refractivity contribution in [1.29, 1.82) is 0 Å². The van der Waals surface area contributed by atoms with Crippen LogP contribution in [0.2, 0.25) is 0 Å². The molecular weight excluding hydrogens is 222 g/mol. The van der Waals surface area contributed by atoms with Gasteiger partial charge in [0.1, 0.15) is 5.54 Å². The molecule has 0 amide bonds. The minimum absolute atomic E-state index is 0.349. The highest BCUT2D eigenvalue weighted by Gasteiger charge is 2.29. The number of hydrogen-bond donors (Lipinski definition) is 1. The second kappa shape index (κ2) is 5.92. The Labute approximate surface area is 100 Å². The van der Waals surface area contributed by atoms with Crippen LogP contribution in [0.5, 0.6) is 0 Å². The quantitative estimate of drug-likeness (QED) is 0.631. The molecule has 0 saturated heterocycles. The first-order valence-corrected chi connectivity index (χ1v) is 6.19. The van der Waals surface area contributed by atoms with Crippen molar-refractivity contribution in [1.82, 2.24) is 0 Å². The van der Waals surface area contributed by atoms with Crippen molar-refractivity contribution < 1.29 is 9.53 Å². The van der Waals surface area contributed by atoms with Crippen LogP contribution in [-0.2, 0) is 9.53 Å². The van der Waals surface area contributed by atoms with Gasteiger partial charge in [0.2, 0.25) is 0 Å². The zero-order chi connectivity index (χ0) is 12.0. The van der Waals surface area contributed by atoms with Crippen molar-refractivity contribution in [2.24, 2.45) is 5.73 Å². The van der Waals surface area contributed by atoms with Crippen molar-refractivity contribution in [2.45, 2.75) is 24.3 Å². The van der Waals surface area contributed by atoms with Crippen LogP contribution in [0, 0.1) is 0 Å². The number of rotatable bonds is 5. The average Bonchev–Trinajstić information content (AvgIpc) is 2.28. The summed E-state index contributed by atoms with van der Waals surface area (Å²) in [6.45, 7) is 3.83. The van der Waals surface area contributed by atoms with E-state index in [9.17, 15) is 4.79 Å². The molecule has 0 fully saturated rings. The SMILES string of the molecule is CCOC(=O)C(C)(N)CSc1ccccc1. The van der Waals surface area contributed by atoms with Gasteiger partial charge < -0.3 is 10.5 Å². The highest BCUT2D eigenvalue weighted by Crippen LogP contribution is 2.21. The number of esters is 1. The second-order valence-corrected chi connectivity index (χ2v) is 4.79. The van der Waals surface area contributed by atoms with Crippen LogP contribution in [0.4, 0.5) is 0 Å². The predicted molar refractivity (Wildman–Crippen MR) is 66.4 cm³/mol. The normalized spacial score (nSPS) is 14.2. The summed E-state index contributed by atoms with van der Waals surface area (Å²) in [5, 5.41) is 0. The van der Waals surface area contributed by atoms with Gasteiger partial charge in [-0.3, -0.25) is 4.79 Å². The molecule has 0 aliphatic rings. The molecule has 1 aromatic rings. The summed E-state index contributed by atoms with van der Waals surface area (Å²) >= 11 is 1.56. The van der Waals surface area contributed by atoms with Gasteiger partial charge >= 0.3 is 5.97 Å². The van der Waals surface area contributed by atoms with E-state index in [4.69, 9.17) is 10.5 Å². The molecule has 16 heavy (non-hydrogen) atoms. The molecule has 0 bridgehead atoms. The lowest BCUT2D eigenvalue weighted by molar-refractivity contribution is -0.148. The molecule has 1 unspecified atom stereocenters. The van der Waals surface area contributed by atoms with Crippen LogP contribution in [0.3, 0.4) is 0 Å². The third-order valence-electron chi connectivity index (χ3n) is 2.02. The van der Waals surface area contributed by atoms with Gasteiger partial charge in [0.15, 0.2) is 0 Å². The van der Waals surface area contributed by atoms with E-state index in [2.05, 4.69) is 0 Å². The maximum absolute atomic E-state index is 11.5. The van der Waals surface area contributed by atoms with Gasteiger partial charge in [-0.25, -0.2) is 0 Å². The number of carbonyl (C=O) groups excluding carboxylic acids is 1. The zero-order valence-corrected chi connectivity index (χ0v) is 10.4. The molecule has 3 nitrogen and oxygen atoms in total. The number of ether oxygens (including phenoxy) is 1. The fourth-order valence-electron chi connectivity index (χ4n) is 1.10. The van der Waals surface area contributed by atoms with E-state index >= 15 is 0 Å². The molecule has 88 valence electrons. The fraction of sp³-hybridized carbons (Fsp3) is 0.417. The van der Waals surface area contributed by atoms with Gasteiger partial charge in [-0.05, 0) is 26.0 Å². The molecule has 0 aliphatic carbocycles. The summed E-state index contributed by atoms with van der Waals surface area (Å²) in [6.07, 6.45) is 0. The van der Waals surface area contributed by atoms with Crippen molar-refractivity contribution >= 4 is 17.7 Å². The summed E-state index contributed by atoms with van der Waals surface area (Å²) in [6, 6.07) is 9.86. The lowest BCUT2D eigenvalue weighted by Crippen LogP contribution is -2.48. The smallest absolute Gasteiger partial charge is 0.326 e. The van der Waals surface area contributed by atoms with E-state index in [-0.39, 0.29) is 5.97 Å². The molecule has 4 heteroatoms. The number of carbonyl (C=O) groups is 1. The maximum Gasteiger partial charge on any atom is 0.326 e. The number of benzene rings is 1. The Bertz CT molecular complexity index is 338. The minimum Gasteiger partial charge on any atom is -0.465 e. The molecule has 1 aromatic carbocycles. The Kier molecular flexibility index (Phi) is 4.83. The first kappa shape index (κ1) is 13.1. The van der Waals surface area contributed by atoms with E-state index in [1.807, 2.05) is 30.3 Å². The third-order valence-corrected chi connectivity index (χ3v) is 3.37. The Morgan fingerprint density at radius 2 is 2.06 bits per heavy atom. The van der Waals surface area contributed by atoms with E-state index in [1.54, 1.807) is 25.6 Å². The van der Waals surface area contributed by atoms with E-state index in [1.165, 1.54) is 0 Å². The largest absolute Gasteiger partial charge is 0.465 e. The lowest BCUT2D eigenvalue weighted by Gasteiger charge is -2.21. The third kappa shape index (κ3) is 3.87. The van der Waals surface area contributed by atoms with Crippen LogP contribution >= 0.6 is 11.8 Å². The summed E-state index contributed by atoms with van der Waals surface area (Å²) in [5.41, 5.74) is 4.96. The van der Waals surface area contributed by atoms with Crippen molar-refractivity contribution in [3.8, 4) is 0 Å². The van der Waals surface area contributed by atoms with Crippen LogP contribution < -0.4 is 5.73 Å². The molecule has 0 heterocycles. The molecule has 0 aliphatic heterocycles. The standard InChI is InChI=1S/C12H17NO2S/c1-3-15-11(14)12(2,13)9-16-10-7-5-4-6-8-10/h4-8H,3,9,13H2,1-2H3. The van der Waals surface area contributed by atoms with Gasteiger partial charge in [0.05, 0.1) is 6.61 Å². The Morgan fingerprint density at radius 3 is 2.62 bits per heavy atom. The Balaban J connectivity index is 2.51. The molecular formula is C12H17NO2S. The zero-order valence-electron chi connectivity index (χ0n) is 9.60. The molecule has 2 N–H and O–H groups in total. The van der Waals surface area contributed by atoms with Crippen LogP contribution in [-0.4, -0.2) is 23.9 Å². The molecule has 0 radical (unpaired) electrons. The van der Waals surface area contributed by atoms with Gasteiger partial charge in [-0.2, -0.15) is 0 Å². The van der Waals surface area contributed by atoms with Crippen LogP contribution in [0.25, 0.3) is 0 Å². The second-order valence-electron chi connectivity index (χ2n) is 3.74. The van der Waals surface area contributed by atoms with Gasteiger partial charge in [0.25, 0.3) is 0 Å². The Morgan fingerprint density at radius 1 is 1.44 bits per heavy atom. The lowest BCUT2D eigenvalue weighted by atomic mass is 10.1. The molecule has 0 spiro atoms. The fourth-order valence-corrected chi connectivity index (χ4v) is 2.04. The Hall–Kier alpha value is -1.00. The first-order valence-electron chi connectivity index (χ1n) is 5.20. The topological polar surface area (TPSA) is 52.3 Å². The van der Waals surface area contributed by atoms with E-state index in [0.717, 1.165) is 4.90 Å². The molecule has 1 rings (SSSR count). The van der Waals surface area contributed by atoms with E-state index in [0.29, 0.717) is 12.4 Å². The van der Waals surface area contributed by atoms with Crippen molar-refractivity contribution in [2.75, 3.05) is 12.4 Å². The highest BCUT2D eigenvalue weighted by atomic mass is 32.2. The van der Waals surface area contributed by atoms with Crippen molar-refractivity contribution in [3.63, 3.8) is 0 Å². The molecule has 0 saturated carbocycles. The summed E-state index contributed by atoms with van der Waals surface area (Å²) in [4.78, 5) is 12.6. The van der Waals surface area contributed by atoms with Crippen LogP contribution in [0.15, 0.2) is 35.2 Å². The number of thioether (sulfide) groups is 1. The van der Waals surface area contributed by atoms with Gasteiger partial charge in [-0.1, -0.05) is 18.2 Å². The molecule has 1 atom stereocenters. The summed E-state index contributed by atoms with van der Waals surface area (Å²) in [7, 11) is 0. The summed E-state index contributed by atoms with van der Waals surface area (Å²) < 4.78 is 4.92. The monoisotopic (exact) mass is 239 g/mol. The van der Waals surface area contributed by atoms with Crippen LogP contribution in [0.1, 0.15) is 13.8 Å². The average molecular weight is 239 g/mol. The maximum atomic E-state index is 11.5. The van der Waals surface area contributed by atoms with E-state index < -0.39 is 5.54 Å². The minimum atomic E-state index is -0.934. The first-order chi connectivity index (χ1) is 7.56. The number of hydrogen-bond acceptors (Lipinski definition) is 4. The summed E-state index contributed by atoms with van der Waals surface area (Å²) in [5.74, 6) is 0.161. The predicted octanol–water partition coefficient (Wildman–Crippen LogP) is 2.06. The highest BCUT2D eigenvalue weighted by molar-refractivity contribution is 7.99.